The van der Waals surface area contributed by atoms with Gasteiger partial charge in [-0.2, -0.15) is 0 Å². The molecule has 0 aliphatic rings. The zero-order valence-electron chi connectivity index (χ0n) is 13.9. The Morgan fingerprint density at radius 1 is 1.19 bits per heavy atom. The van der Waals surface area contributed by atoms with Gasteiger partial charge in [0.1, 0.15) is 5.82 Å². The van der Waals surface area contributed by atoms with Gasteiger partial charge in [0.15, 0.2) is 4.34 Å². The predicted molar refractivity (Wildman–Crippen MR) is 110 cm³/mol. The standard InChI is InChI=1S/C17H13Cl2FN4OS2/c1-9(15(25)21-12-7-10(18)6-11(19)8-12)26-17-24-23-16(27-17)22-14-5-3-2-4-13(14)20/h2-9H,1H3,(H,21,25)(H,22,23). The van der Waals surface area contributed by atoms with E-state index in [1.165, 1.54) is 29.2 Å². The van der Waals surface area contributed by atoms with Crippen LogP contribution >= 0.6 is 46.3 Å². The number of rotatable bonds is 6. The number of aromatic nitrogens is 2. The van der Waals surface area contributed by atoms with Crippen molar-refractivity contribution in [1.29, 1.82) is 0 Å². The predicted octanol–water partition coefficient (Wildman–Crippen LogP) is 5.85. The lowest BCUT2D eigenvalue weighted by Gasteiger charge is -2.10. The molecule has 0 aliphatic carbocycles. The molecule has 0 aliphatic heterocycles. The molecule has 27 heavy (non-hydrogen) atoms. The van der Waals surface area contributed by atoms with Gasteiger partial charge in [-0.05, 0) is 37.3 Å². The molecule has 5 nitrogen and oxygen atoms in total. The summed E-state index contributed by atoms with van der Waals surface area (Å²) in [5, 5.41) is 14.5. The van der Waals surface area contributed by atoms with Crippen molar-refractivity contribution < 1.29 is 9.18 Å². The first-order chi connectivity index (χ1) is 12.9. The first-order valence-electron chi connectivity index (χ1n) is 7.69. The largest absolute Gasteiger partial charge is 0.328 e. The minimum absolute atomic E-state index is 0.225. The lowest BCUT2D eigenvalue weighted by atomic mass is 10.3. The van der Waals surface area contributed by atoms with Crippen LogP contribution in [0.5, 0.6) is 0 Å². The number of carbonyl (C=O) groups excluding carboxylic acids is 1. The first kappa shape index (κ1) is 19.9. The molecule has 1 amide bonds. The van der Waals surface area contributed by atoms with Crippen LogP contribution in [0.3, 0.4) is 0 Å². The highest BCUT2D eigenvalue weighted by atomic mass is 35.5. The van der Waals surface area contributed by atoms with E-state index in [4.69, 9.17) is 23.2 Å². The third kappa shape index (κ3) is 5.55. The maximum Gasteiger partial charge on any atom is 0.237 e. The van der Waals surface area contributed by atoms with Crippen LogP contribution < -0.4 is 10.6 Å². The lowest BCUT2D eigenvalue weighted by Crippen LogP contribution is -2.22. The van der Waals surface area contributed by atoms with Gasteiger partial charge in [-0.15, -0.1) is 10.2 Å². The molecule has 0 spiro atoms. The zero-order chi connectivity index (χ0) is 19.4. The highest BCUT2D eigenvalue weighted by Gasteiger charge is 2.18. The molecule has 0 fully saturated rings. The average molecular weight is 443 g/mol. The number of nitrogens with zero attached hydrogens (tertiary/aromatic N) is 2. The SMILES string of the molecule is CC(Sc1nnc(Nc2ccccc2F)s1)C(=O)Nc1cc(Cl)cc(Cl)c1. The van der Waals surface area contributed by atoms with Crippen LogP contribution in [0.2, 0.25) is 10.0 Å². The third-order valence-corrected chi connectivity index (χ3v) is 5.76. The molecule has 0 saturated carbocycles. The fraction of sp³-hybridized carbons (Fsp3) is 0.118. The Bertz CT molecular complexity index is 949. The fourth-order valence-electron chi connectivity index (χ4n) is 2.06. The van der Waals surface area contributed by atoms with Crippen molar-refractivity contribution in [1.82, 2.24) is 10.2 Å². The van der Waals surface area contributed by atoms with E-state index in [0.29, 0.717) is 30.9 Å². The molecular formula is C17H13Cl2FN4OS2. The van der Waals surface area contributed by atoms with Gasteiger partial charge < -0.3 is 10.6 Å². The van der Waals surface area contributed by atoms with Crippen molar-refractivity contribution in [2.24, 2.45) is 0 Å². The molecule has 2 N–H and O–H groups in total. The lowest BCUT2D eigenvalue weighted by molar-refractivity contribution is -0.115. The minimum Gasteiger partial charge on any atom is -0.328 e. The van der Waals surface area contributed by atoms with E-state index in [1.54, 1.807) is 43.3 Å². The summed E-state index contributed by atoms with van der Waals surface area (Å²) in [4.78, 5) is 12.4. The number of para-hydroxylation sites is 1. The Balaban J connectivity index is 1.60. The quantitative estimate of drug-likeness (QED) is 0.468. The number of carbonyl (C=O) groups is 1. The summed E-state index contributed by atoms with van der Waals surface area (Å²) in [7, 11) is 0. The fourth-order valence-corrected chi connectivity index (χ4v) is 4.49. The number of amides is 1. The topological polar surface area (TPSA) is 66.9 Å². The minimum atomic E-state index is -0.433. The molecule has 1 atom stereocenters. The van der Waals surface area contributed by atoms with Crippen LogP contribution in [0.25, 0.3) is 0 Å². The van der Waals surface area contributed by atoms with Gasteiger partial charge in [-0.3, -0.25) is 4.79 Å². The first-order valence-corrected chi connectivity index (χ1v) is 10.1. The van der Waals surface area contributed by atoms with E-state index >= 15 is 0 Å². The van der Waals surface area contributed by atoms with E-state index in [1.807, 2.05) is 0 Å². The van der Waals surface area contributed by atoms with E-state index in [0.717, 1.165) is 0 Å². The second kappa shape index (κ2) is 8.88. The maximum atomic E-state index is 13.7. The number of halogens is 3. The van der Waals surface area contributed by atoms with Crippen LogP contribution in [0.15, 0.2) is 46.8 Å². The third-order valence-electron chi connectivity index (χ3n) is 3.30. The molecule has 0 bridgehead atoms. The van der Waals surface area contributed by atoms with Gasteiger partial charge in [0.25, 0.3) is 0 Å². The highest BCUT2D eigenvalue weighted by molar-refractivity contribution is 8.02. The smallest absolute Gasteiger partial charge is 0.237 e. The van der Waals surface area contributed by atoms with Gasteiger partial charge >= 0.3 is 0 Å². The van der Waals surface area contributed by atoms with Gasteiger partial charge in [0.05, 0.1) is 10.9 Å². The average Bonchev–Trinajstić information content (AvgIpc) is 3.03. The van der Waals surface area contributed by atoms with Crippen molar-refractivity contribution in [2.45, 2.75) is 16.5 Å². The van der Waals surface area contributed by atoms with Crippen molar-refractivity contribution >= 4 is 68.7 Å². The summed E-state index contributed by atoms with van der Waals surface area (Å²) in [6, 6.07) is 11.1. The molecule has 0 radical (unpaired) electrons. The Hall–Kier alpha value is -1.87. The van der Waals surface area contributed by atoms with Crippen molar-refractivity contribution in [3.05, 3.63) is 58.3 Å². The summed E-state index contributed by atoms with van der Waals surface area (Å²) < 4.78 is 14.3. The number of nitrogens with one attached hydrogen (secondary N) is 2. The second-order valence-electron chi connectivity index (χ2n) is 5.39. The molecule has 140 valence electrons. The van der Waals surface area contributed by atoms with Gasteiger partial charge in [0, 0.05) is 15.7 Å². The number of anilines is 3. The van der Waals surface area contributed by atoms with E-state index < -0.39 is 5.25 Å². The van der Waals surface area contributed by atoms with Gasteiger partial charge in [-0.1, -0.05) is 58.4 Å². The number of thioether (sulfide) groups is 1. The Labute approximate surface area is 173 Å². The Kier molecular flexibility index (Phi) is 6.54. The van der Waals surface area contributed by atoms with E-state index in [-0.39, 0.29) is 11.7 Å². The number of benzene rings is 2. The molecule has 3 aromatic rings. The van der Waals surface area contributed by atoms with Gasteiger partial charge in [-0.25, -0.2) is 4.39 Å². The van der Waals surface area contributed by atoms with Crippen LogP contribution in [0.4, 0.5) is 20.9 Å². The molecule has 1 heterocycles. The zero-order valence-corrected chi connectivity index (χ0v) is 17.0. The van der Waals surface area contributed by atoms with Gasteiger partial charge in [0.2, 0.25) is 11.0 Å². The van der Waals surface area contributed by atoms with Crippen molar-refractivity contribution in [2.75, 3.05) is 10.6 Å². The summed E-state index contributed by atoms with van der Waals surface area (Å²) >= 11 is 14.3. The summed E-state index contributed by atoms with van der Waals surface area (Å²) in [5.41, 5.74) is 0.831. The van der Waals surface area contributed by atoms with Crippen LogP contribution in [0, 0.1) is 5.82 Å². The Morgan fingerprint density at radius 2 is 1.89 bits per heavy atom. The molecule has 1 aromatic heterocycles. The second-order valence-corrected chi connectivity index (χ2v) is 8.82. The molecule has 2 aromatic carbocycles. The summed E-state index contributed by atoms with van der Waals surface area (Å²) in [6.45, 7) is 1.75. The van der Waals surface area contributed by atoms with E-state index in [9.17, 15) is 9.18 Å². The maximum absolute atomic E-state index is 13.7. The number of hydrogen-bond acceptors (Lipinski definition) is 6. The van der Waals surface area contributed by atoms with Crippen LogP contribution in [0.1, 0.15) is 6.92 Å². The molecule has 0 saturated heterocycles. The van der Waals surface area contributed by atoms with Crippen molar-refractivity contribution in [3.8, 4) is 0 Å². The highest BCUT2D eigenvalue weighted by Crippen LogP contribution is 2.31. The van der Waals surface area contributed by atoms with E-state index in [2.05, 4.69) is 20.8 Å². The molecule has 10 heteroatoms. The van der Waals surface area contributed by atoms with Crippen molar-refractivity contribution in [3.63, 3.8) is 0 Å². The van der Waals surface area contributed by atoms with Crippen LogP contribution in [-0.4, -0.2) is 21.4 Å². The molecule has 1 unspecified atom stereocenters. The summed E-state index contributed by atoms with van der Waals surface area (Å²) in [5.74, 6) is -0.605. The number of hydrogen-bond donors (Lipinski definition) is 2. The van der Waals surface area contributed by atoms with Crippen LogP contribution in [-0.2, 0) is 4.79 Å². The summed E-state index contributed by atoms with van der Waals surface area (Å²) in [6.07, 6.45) is 0. The monoisotopic (exact) mass is 442 g/mol. The molecule has 3 rings (SSSR count). The normalized spacial score (nSPS) is 11.9. The Morgan fingerprint density at radius 3 is 2.59 bits per heavy atom. The molecular weight excluding hydrogens is 430 g/mol.